The average molecular weight is 367 g/mol. The van der Waals surface area contributed by atoms with E-state index < -0.39 is 5.60 Å². The SMILES string of the molecule is CN(C)[C@@H]1CCN(CCCN2CC3(CCN(C(=O)CN)CC3)OC2=O)C1. The lowest BCUT2D eigenvalue weighted by Gasteiger charge is -2.37. The van der Waals surface area contributed by atoms with Crippen LogP contribution in [0, 0.1) is 0 Å². The van der Waals surface area contributed by atoms with Crippen LogP contribution in [0.15, 0.2) is 0 Å². The van der Waals surface area contributed by atoms with Crippen LogP contribution >= 0.6 is 0 Å². The predicted octanol–water partition coefficient (Wildman–Crippen LogP) is -0.215. The fourth-order valence-electron chi connectivity index (χ4n) is 4.34. The lowest BCUT2D eigenvalue weighted by molar-refractivity contribution is -0.133. The Kier molecular flexibility index (Phi) is 6.04. The van der Waals surface area contributed by atoms with Crippen molar-refractivity contribution in [3.63, 3.8) is 0 Å². The molecule has 3 fully saturated rings. The van der Waals surface area contributed by atoms with Crippen LogP contribution in [-0.4, -0.2) is 110 Å². The van der Waals surface area contributed by atoms with Crippen molar-refractivity contribution in [3.05, 3.63) is 0 Å². The van der Waals surface area contributed by atoms with Gasteiger partial charge in [-0.2, -0.15) is 0 Å². The second kappa shape index (κ2) is 8.10. The molecule has 3 saturated heterocycles. The molecule has 0 radical (unpaired) electrons. The van der Waals surface area contributed by atoms with Crippen LogP contribution in [0.5, 0.6) is 0 Å². The molecule has 3 heterocycles. The van der Waals surface area contributed by atoms with E-state index in [1.165, 1.54) is 6.42 Å². The first-order valence-electron chi connectivity index (χ1n) is 9.77. The summed E-state index contributed by atoms with van der Waals surface area (Å²) >= 11 is 0. The van der Waals surface area contributed by atoms with Crippen LogP contribution in [-0.2, 0) is 9.53 Å². The predicted molar refractivity (Wildman–Crippen MR) is 98.8 cm³/mol. The minimum absolute atomic E-state index is 0.0253. The number of hydrogen-bond acceptors (Lipinski definition) is 6. The number of likely N-dealkylation sites (N-methyl/N-ethyl adjacent to an activating group) is 1. The molecule has 2 N–H and O–H groups in total. The summed E-state index contributed by atoms with van der Waals surface area (Å²) < 4.78 is 5.73. The molecule has 0 aliphatic carbocycles. The van der Waals surface area contributed by atoms with Crippen LogP contribution in [0.2, 0.25) is 0 Å². The minimum Gasteiger partial charge on any atom is -0.441 e. The first-order valence-corrected chi connectivity index (χ1v) is 9.77. The van der Waals surface area contributed by atoms with E-state index in [4.69, 9.17) is 10.5 Å². The number of rotatable bonds is 6. The number of likely N-dealkylation sites (tertiary alicyclic amines) is 2. The Morgan fingerprint density at radius 2 is 2.00 bits per heavy atom. The van der Waals surface area contributed by atoms with Gasteiger partial charge >= 0.3 is 6.09 Å². The van der Waals surface area contributed by atoms with E-state index >= 15 is 0 Å². The van der Waals surface area contributed by atoms with Gasteiger partial charge in [0.2, 0.25) is 5.91 Å². The molecule has 8 nitrogen and oxygen atoms in total. The van der Waals surface area contributed by atoms with Crippen molar-refractivity contribution < 1.29 is 14.3 Å². The Labute approximate surface area is 156 Å². The third-order valence-electron chi connectivity index (χ3n) is 6.12. The Morgan fingerprint density at radius 1 is 1.27 bits per heavy atom. The summed E-state index contributed by atoms with van der Waals surface area (Å²) in [6.45, 7) is 5.97. The van der Waals surface area contributed by atoms with Gasteiger partial charge in [0.15, 0.2) is 0 Å². The smallest absolute Gasteiger partial charge is 0.410 e. The fraction of sp³-hybridized carbons (Fsp3) is 0.889. The van der Waals surface area contributed by atoms with Crippen LogP contribution < -0.4 is 5.73 Å². The highest BCUT2D eigenvalue weighted by Gasteiger charge is 2.47. The molecular weight excluding hydrogens is 334 g/mol. The molecule has 148 valence electrons. The van der Waals surface area contributed by atoms with E-state index in [9.17, 15) is 9.59 Å². The number of carbonyl (C=O) groups excluding carboxylic acids is 2. The van der Waals surface area contributed by atoms with E-state index in [2.05, 4.69) is 23.9 Å². The molecule has 0 aromatic carbocycles. The van der Waals surface area contributed by atoms with E-state index in [-0.39, 0.29) is 18.5 Å². The highest BCUT2D eigenvalue weighted by atomic mass is 16.6. The Morgan fingerprint density at radius 3 is 2.62 bits per heavy atom. The van der Waals surface area contributed by atoms with Gasteiger partial charge in [0.1, 0.15) is 5.60 Å². The molecule has 8 heteroatoms. The van der Waals surface area contributed by atoms with E-state index in [1.54, 1.807) is 4.90 Å². The maximum Gasteiger partial charge on any atom is 0.410 e. The number of ether oxygens (including phenoxy) is 1. The highest BCUT2D eigenvalue weighted by molar-refractivity contribution is 5.78. The molecule has 0 aromatic rings. The van der Waals surface area contributed by atoms with Crippen molar-refractivity contribution in [1.82, 2.24) is 19.6 Å². The maximum absolute atomic E-state index is 12.3. The molecule has 3 rings (SSSR count). The average Bonchev–Trinajstić information content (AvgIpc) is 3.21. The zero-order valence-corrected chi connectivity index (χ0v) is 16.2. The highest BCUT2D eigenvalue weighted by Crippen LogP contribution is 2.33. The quantitative estimate of drug-likeness (QED) is 0.699. The molecule has 3 aliphatic heterocycles. The van der Waals surface area contributed by atoms with E-state index in [1.807, 2.05) is 4.90 Å². The van der Waals surface area contributed by atoms with Crippen molar-refractivity contribution in [2.45, 2.75) is 37.3 Å². The van der Waals surface area contributed by atoms with E-state index in [0.29, 0.717) is 38.5 Å². The second-order valence-corrected chi connectivity index (χ2v) is 8.12. The summed E-state index contributed by atoms with van der Waals surface area (Å²) in [5.74, 6) is -0.0253. The van der Waals surface area contributed by atoms with Crippen molar-refractivity contribution in [2.75, 3.05) is 66.5 Å². The molecule has 1 atom stereocenters. The number of nitrogens with zero attached hydrogens (tertiary/aromatic N) is 4. The molecule has 0 bridgehead atoms. The van der Waals surface area contributed by atoms with Crippen LogP contribution in [0.1, 0.15) is 25.7 Å². The number of nitrogens with two attached hydrogens (primary N) is 1. The van der Waals surface area contributed by atoms with Gasteiger partial charge in [-0.1, -0.05) is 0 Å². The number of piperidine rings is 1. The van der Waals surface area contributed by atoms with Gasteiger partial charge in [-0.25, -0.2) is 4.79 Å². The third kappa shape index (κ3) is 4.29. The lowest BCUT2D eigenvalue weighted by atomic mass is 9.91. The third-order valence-corrected chi connectivity index (χ3v) is 6.12. The number of carbonyl (C=O) groups is 2. The standard InChI is InChI=1S/C18H33N5O3/c1-20(2)15-4-9-21(13-15)7-3-8-23-14-18(26-17(23)25)5-10-22(11-6-18)16(24)12-19/h15H,3-14,19H2,1-2H3/t15-/m1/s1. The van der Waals surface area contributed by atoms with E-state index in [0.717, 1.165) is 32.6 Å². The van der Waals surface area contributed by atoms with Crippen LogP contribution in [0.4, 0.5) is 4.79 Å². The second-order valence-electron chi connectivity index (χ2n) is 8.12. The largest absolute Gasteiger partial charge is 0.441 e. The summed E-state index contributed by atoms with van der Waals surface area (Å²) in [7, 11) is 4.28. The summed E-state index contributed by atoms with van der Waals surface area (Å²) in [5, 5.41) is 0. The first kappa shape index (κ1) is 19.4. The molecule has 2 amide bonds. The van der Waals surface area contributed by atoms with Crippen molar-refractivity contribution in [1.29, 1.82) is 0 Å². The van der Waals surface area contributed by atoms with Crippen LogP contribution in [0.25, 0.3) is 0 Å². The molecule has 0 saturated carbocycles. The van der Waals surface area contributed by atoms with Gasteiger partial charge in [0.05, 0.1) is 13.1 Å². The topological polar surface area (TPSA) is 82.3 Å². The molecule has 0 aromatic heterocycles. The maximum atomic E-state index is 12.3. The van der Waals surface area contributed by atoms with Gasteiger partial charge in [0, 0.05) is 45.1 Å². The Bertz CT molecular complexity index is 519. The molecule has 0 unspecified atom stereocenters. The Balaban J connectivity index is 1.41. The summed E-state index contributed by atoms with van der Waals surface area (Å²) in [5.41, 5.74) is 5.02. The van der Waals surface area contributed by atoms with Gasteiger partial charge in [-0.15, -0.1) is 0 Å². The van der Waals surface area contributed by atoms with Crippen molar-refractivity contribution in [3.8, 4) is 0 Å². The van der Waals surface area contributed by atoms with Gasteiger partial charge in [0.25, 0.3) is 0 Å². The lowest BCUT2D eigenvalue weighted by Crippen LogP contribution is -2.50. The molecule has 26 heavy (non-hydrogen) atoms. The molecule has 1 spiro atoms. The van der Waals surface area contributed by atoms with Gasteiger partial charge in [-0.3, -0.25) is 4.79 Å². The zero-order valence-electron chi connectivity index (χ0n) is 16.2. The monoisotopic (exact) mass is 367 g/mol. The molecular formula is C18H33N5O3. The number of hydrogen-bond donors (Lipinski definition) is 1. The fourth-order valence-corrected chi connectivity index (χ4v) is 4.34. The van der Waals surface area contributed by atoms with Crippen molar-refractivity contribution in [2.24, 2.45) is 5.73 Å². The van der Waals surface area contributed by atoms with Gasteiger partial charge in [-0.05, 0) is 40.0 Å². The first-order chi connectivity index (χ1) is 12.4. The van der Waals surface area contributed by atoms with Crippen LogP contribution in [0.3, 0.4) is 0 Å². The number of amides is 2. The summed E-state index contributed by atoms with van der Waals surface area (Å²) in [4.78, 5) is 32.4. The zero-order chi connectivity index (χ0) is 18.7. The summed E-state index contributed by atoms with van der Waals surface area (Å²) in [6, 6.07) is 0.649. The Hall–Kier alpha value is -1.38. The van der Waals surface area contributed by atoms with Crippen molar-refractivity contribution >= 4 is 12.0 Å². The minimum atomic E-state index is -0.411. The van der Waals surface area contributed by atoms with Gasteiger partial charge < -0.3 is 30.1 Å². The summed E-state index contributed by atoms with van der Waals surface area (Å²) in [6.07, 6.45) is 3.41. The normalized spacial score (nSPS) is 26.2. The molecule has 3 aliphatic rings.